The van der Waals surface area contributed by atoms with Gasteiger partial charge in [-0.25, -0.2) is 0 Å². The van der Waals surface area contributed by atoms with Crippen LogP contribution in [0.15, 0.2) is 11.6 Å². The number of hydrogen-bond donors (Lipinski definition) is 0. The molecule has 0 heterocycles. The van der Waals surface area contributed by atoms with Gasteiger partial charge in [0, 0.05) is 6.42 Å². The van der Waals surface area contributed by atoms with Gasteiger partial charge in [-0.3, -0.25) is 0 Å². The standard InChI is InChI=1S/C10H15NO2/c1-3-5-7-11-8-9(6-4-2)10(12)13/h6H,3-5,7H2,1-2H3. The Labute approximate surface area is 78.9 Å². The van der Waals surface area contributed by atoms with Crippen LogP contribution in [0, 0.1) is 6.07 Å². The number of carbonyl (C=O) groups excluding carboxylic acids is 1. The average Bonchev–Trinajstić information content (AvgIpc) is 2.10. The molecule has 0 aliphatic carbocycles. The molecule has 0 rings (SSSR count). The van der Waals surface area contributed by atoms with Gasteiger partial charge in [0.25, 0.3) is 6.54 Å². The minimum absolute atomic E-state index is 0.0543. The van der Waals surface area contributed by atoms with Gasteiger partial charge in [0.2, 0.25) is 0 Å². The molecule has 0 saturated carbocycles. The molecule has 0 fully saturated rings. The molecule has 0 N–H and O–H groups in total. The fourth-order valence-corrected chi connectivity index (χ4v) is 0.757. The maximum Gasteiger partial charge on any atom is 0.312 e. The molecule has 0 bridgehead atoms. The summed E-state index contributed by atoms with van der Waals surface area (Å²) in [7, 11) is 0. The molecule has 0 aliphatic rings. The zero-order valence-electron chi connectivity index (χ0n) is 8.17. The summed E-state index contributed by atoms with van der Waals surface area (Å²) < 4.78 is 0. The van der Waals surface area contributed by atoms with Crippen molar-refractivity contribution >= 4 is 5.97 Å². The number of nitrogens with zero attached hydrogens (tertiary/aromatic N) is 1. The lowest BCUT2D eigenvalue weighted by Gasteiger charge is -1.92. The molecule has 13 heavy (non-hydrogen) atoms. The van der Waals surface area contributed by atoms with E-state index in [0.29, 0.717) is 13.0 Å². The van der Waals surface area contributed by atoms with Gasteiger partial charge in [0.15, 0.2) is 0 Å². The van der Waals surface area contributed by atoms with Crippen LogP contribution in [0.3, 0.4) is 0 Å². The number of allylic oxidation sites excluding steroid dienone is 1. The van der Waals surface area contributed by atoms with Gasteiger partial charge < -0.3 is 9.90 Å². The summed E-state index contributed by atoms with van der Waals surface area (Å²) in [5.74, 6) is -1.21. The van der Waals surface area contributed by atoms with Crippen LogP contribution in [0.25, 0.3) is 4.85 Å². The second-order valence-electron chi connectivity index (χ2n) is 2.66. The summed E-state index contributed by atoms with van der Waals surface area (Å²) in [6.07, 6.45) is 4.20. The SMILES string of the molecule is CCC=C(C#[N+]CCCC)C(=O)[O-]. The molecule has 0 radical (unpaired) electrons. The Bertz CT molecular complexity index is 245. The molecule has 0 amide bonds. The number of rotatable bonds is 4. The van der Waals surface area contributed by atoms with Gasteiger partial charge in [-0.1, -0.05) is 24.8 Å². The number of carboxylic acids is 1. The number of unbranched alkanes of at least 4 members (excludes halogenated alkanes) is 1. The third kappa shape index (κ3) is 5.92. The zero-order chi connectivity index (χ0) is 10.1. The van der Waals surface area contributed by atoms with E-state index >= 15 is 0 Å². The maximum atomic E-state index is 10.5. The minimum atomic E-state index is -1.21. The van der Waals surface area contributed by atoms with Gasteiger partial charge >= 0.3 is 6.07 Å². The van der Waals surface area contributed by atoms with Gasteiger partial charge in [0.1, 0.15) is 5.57 Å². The Hall–Kier alpha value is -1.30. The Kier molecular flexibility index (Phi) is 6.62. The van der Waals surface area contributed by atoms with E-state index in [9.17, 15) is 9.90 Å². The molecule has 3 nitrogen and oxygen atoms in total. The van der Waals surface area contributed by atoms with Crippen LogP contribution in [-0.2, 0) is 4.79 Å². The van der Waals surface area contributed by atoms with Crippen LogP contribution in [0.5, 0.6) is 0 Å². The van der Waals surface area contributed by atoms with Crippen molar-refractivity contribution in [3.63, 3.8) is 0 Å². The number of hydrogen-bond acceptors (Lipinski definition) is 2. The summed E-state index contributed by atoms with van der Waals surface area (Å²) in [6.45, 7) is 4.54. The third-order valence-corrected chi connectivity index (χ3v) is 1.45. The van der Waals surface area contributed by atoms with E-state index in [-0.39, 0.29) is 5.57 Å². The lowest BCUT2D eigenvalue weighted by atomic mass is 10.2. The predicted molar refractivity (Wildman–Crippen MR) is 50.4 cm³/mol. The van der Waals surface area contributed by atoms with Crippen molar-refractivity contribution in [1.29, 1.82) is 0 Å². The molecule has 0 saturated heterocycles. The fraction of sp³-hybridized carbons (Fsp3) is 0.600. The van der Waals surface area contributed by atoms with Crippen LogP contribution >= 0.6 is 0 Å². The Morgan fingerprint density at radius 1 is 1.54 bits per heavy atom. The molecule has 3 heteroatoms. The first-order chi connectivity index (χ1) is 6.22. The van der Waals surface area contributed by atoms with E-state index in [2.05, 4.69) is 17.8 Å². The van der Waals surface area contributed by atoms with Crippen molar-refractivity contribution in [2.45, 2.75) is 33.1 Å². The highest BCUT2D eigenvalue weighted by Crippen LogP contribution is 1.94. The summed E-state index contributed by atoms with van der Waals surface area (Å²) in [6, 6.07) is 2.48. The highest BCUT2D eigenvalue weighted by Gasteiger charge is 1.99. The van der Waals surface area contributed by atoms with E-state index < -0.39 is 5.97 Å². The zero-order valence-corrected chi connectivity index (χ0v) is 8.17. The highest BCUT2D eigenvalue weighted by atomic mass is 16.4. The van der Waals surface area contributed by atoms with E-state index in [0.717, 1.165) is 12.8 Å². The molecule has 0 unspecified atom stereocenters. The fourth-order valence-electron chi connectivity index (χ4n) is 0.757. The Morgan fingerprint density at radius 2 is 2.23 bits per heavy atom. The van der Waals surface area contributed by atoms with Gasteiger partial charge in [-0.15, -0.1) is 0 Å². The quantitative estimate of drug-likeness (QED) is 0.371. The van der Waals surface area contributed by atoms with E-state index in [1.807, 2.05) is 6.92 Å². The molecule has 0 aromatic carbocycles. The van der Waals surface area contributed by atoms with Crippen molar-refractivity contribution in [2.75, 3.05) is 6.54 Å². The molecule has 0 spiro atoms. The smallest absolute Gasteiger partial charge is 0.312 e. The number of carbonyl (C=O) groups is 1. The first-order valence-corrected chi connectivity index (χ1v) is 4.56. The molecule has 0 aliphatic heterocycles. The van der Waals surface area contributed by atoms with Crippen LogP contribution < -0.4 is 5.11 Å². The lowest BCUT2D eigenvalue weighted by Crippen LogP contribution is -2.23. The second-order valence-corrected chi connectivity index (χ2v) is 2.66. The van der Waals surface area contributed by atoms with Crippen LogP contribution in [0.4, 0.5) is 0 Å². The van der Waals surface area contributed by atoms with Gasteiger partial charge in [0.05, 0.1) is 5.97 Å². The number of aliphatic carboxylic acids is 1. The molecule has 72 valence electrons. The van der Waals surface area contributed by atoms with Gasteiger partial charge in [-0.05, 0) is 12.8 Å². The summed E-state index contributed by atoms with van der Waals surface area (Å²) in [4.78, 5) is 14.3. The van der Waals surface area contributed by atoms with Crippen molar-refractivity contribution in [3.05, 3.63) is 16.5 Å². The Balaban J connectivity index is 4.15. The second kappa shape index (κ2) is 7.35. The van der Waals surface area contributed by atoms with Crippen molar-refractivity contribution in [3.8, 4) is 6.07 Å². The monoisotopic (exact) mass is 181 g/mol. The summed E-state index contributed by atoms with van der Waals surface area (Å²) in [5.41, 5.74) is 0.0543. The summed E-state index contributed by atoms with van der Waals surface area (Å²) in [5, 5.41) is 10.5. The topological polar surface area (TPSA) is 44.5 Å². The maximum absolute atomic E-state index is 10.5. The molecule has 0 atom stereocenters. The lowest BCUT2D eigenvalue weighted by molar-refractivity contribution is -0.298. The first kappa shape index (κ1) is 11.7. The molecular weight excluding hydrogens is 166 g/mol. The van der Waals surface area contributed by atoms with E-state index in [4.69, 9.17) is 0 Å². The molecule has 0 aromatic heterocycles. The average molecular weight is 181 g/mol. The predicted octanol–water partition coefficient (Wildman–Crippen LogP) is 1.21. The van der Waals surface area contributed by atoms with Crippen LogP contribution in [-0.4, -0.2) is 12.5 Å². The first-order valence-electron chi connectivity index (χ1n) is 4.56. The van der Waals surface area contributed by atoms with E-state index in [1.54, 1.807) is 6.08 Å². The minimum Gasteiger partial charge on any atom is -0.544 e. The normalized spacial score (nSPS) is 10.5. The van der Waals surface area contributed by atoms with Crippen LogP contribution in [0.1, 0.15) is 33.1 Å². The summed E-state index contributed by atoms with van der Waals surface area (Å²) >= 11 is 0. The van der Waals surface area contributed by atoms with Crippen molar-refractivity contribution in [1.82, 2.24) is 0 Å². The number of carboxylic acid groups (broad SMARTS) is 1. The van der Waals surface area contributed by atoms with Gasteiger partial charge in [-0.2, -0.15) is 0 Å². The largest absolute Gasteiger partial charge is 0.544 e. The van der Waals surface area contributed by atoms with E-state index in [1.165, 1.54) is 0 Å². The third-order valence-electron chi connectivity index (χ3n) is 1.45. The highest BCUT2D eigenvalue weighted by molar-refractivity contribution is 5.89. The molecule has 0 aromatic rings. The van der Waals surface area contributed by atoms with Crippen LogP contribution in [0.2, 0.25) is 0 Å². The molecular formula is C10H15NO2. The van der Waals surface area contributed by atoms with Crippen molar-refractivity contribution in [2.24, 2.45) is 0 Å². The Morgan fingerprint density at radius 3 is 2.69 bits per heavy atom. The van der Waals surface area contributed by atoms with Crippen molar-refractivity contribution < 1.29 is 9.90 Å².